The highest BCUT2D eigenvalue weighted by Gasteiger charge is 2.29. The predicted molar refractivity (Wildman–Crippen MR) is 58.0 cm³/mol. The van der Waals surface area contributed by atoms with Gasteiger partial charge in [-0.15, -0.1) is 0 Å². The predicted octanol–water partition coefficient (Wildman–Crippen LogP) is -1.26. The molecule has 86 valence electrons. The largest absolute Gasteiger partial charge is 0.352 e. The quantitative estimate of drug-likeness (QED) is 0.239. The molecule has 1 saturated heterocycles. The van der Waals surface area contributed by atoms with Crippen molar-refractivity contribution in [3.63, 3.8) is 0 Å². The van der Waals surface area contributed by atoms with Gasteiger partial charge in [-0.2, -0.15) is 0 Å². The van der Waals surface area contributed by atoms with Crippen LogP contribution < -0.4 is 16.6 Å². The van der Waals surface area contributed by atoms with E-state index in [9.17, 15) is 8.42 Å². The molecule has 2 fully saturated rings. The SMILES string of the molecule is NNC(=NC1CC1)NC1CCS(=O)(=O)C1. The molecule has 0 amide bonds. The van der Waals surface area contributed by atoms with Gasteiger partial charge in [-0.1, -0.05) is 0 Å². The van der Waals surface area contributed by atoms with E-state index in [1.54, 1.807) is 0 Å². The van der Waals surface area contributed by atoms with Gasteiger partial charge in [-0.05, 0) is 19.3 Å². The summed E-state index contributed by atoms with van der Waals surface area (Å²) >= 11 is 0. The number of rotatable bonds is 2. The molecule has 6 nitrogen and oxygen atoms in total. The highest BCUT2D eigenvalue weighted by atomic mass is 32.2. The summed E-state index contributed by atoms with van der Waals surface area (Å²) in [5, 5.41) is 3.03. The van der Waals surface area contributed by atoms with Gasteiger partial charge in [-0.3, -0.25) is 5.43 Å². The molecule has 15 heavy (non-hydrogen) atoms. The summed E-state index contributed by atoms with van der Waals surface area (Å²) in [6, 6.07) is 0.310. The molecule has 4 N–H and O–H groups in total. The van der Waals surface area contributed by atoms with Gasteiger partial charge in [0.2, 0.25) is 5.96 Å². The lowest BCUT2D eigenvalue weighted by molar-refractivity contribution is 0.599. The Balaban J connectivity index is 1.90. The molecule has 1 aliphatic heterocycles. The number of guanidine groups is 1. The molecule has 0 aromatic rings. The Hall–Kier alpha value is -0.820. The average Bonchev–Trinajstić information content (AvgIpc) is 2.91. The van der Waals surface area contributed by atoms with E-state index in [4.69, 9.17) is 5.84 Å². The van der Waals surface area contributed by atoms with Crippen LogP contribution >= 0.6 is 0 Å². The first kappa shape index (κ1) is 10.7. The van der Waals surface area contributed by atoms with Crippen LogP contribution in [0.15, 0.2) is 4.99 Å². The second-order valence-electron chi connectivity index (χ2n) is 4.10. The van der Waals surface area contributed by atoms with Gasteiger partial charge in [0.05, 0.1) is 17.5 Å². The fourth-order valence-electron chi connectivity index (χ4n) is 1.60. The van der Waals surface area contributed by atoms with Crippen LogP contribution in [0, 0.1) is 0 Å². The number of aliphatic imine (C=N–C) groups is 1. The van der Waals surface area contributed by atoms with Crippen LogP contribution in [0.4, 0.5) is 0 Å². The molecule has 2 aliphatic rings. The Kier molecular flexibility index (Phi) is 2.83. The molecular weight excluding hydrogens is 216 g/mol. The Bertz CT molecular complexity index is 361. The van der Waals surface area contributed by atoms with E-state index >= 15 is 0 Å². The highest BCUT2D eigenvalue weighted by molar-refractivity contribution is 7.91. The van der Waals surface area contributed by atoms with Gasteiger partial charge in [0.1, 0.15) is 0 Å². The third-order valence-electron chi connectivity index (χ3n) is 2.57. The average molecular weight is 232 g/mol. The van der Waals surface area contributed by atoms with Crippen LogP contribution in [0.5, 0.6) is 0 Å². The zero-order chi connectivity index (χ0) is 10.9. The lowest BCUT2D eigenvalue weighted by atomic mass is 10.3. The van der Waals surface area contributed by atoms with Crippen LogP contribution in [0.3, 0.4) is 0 Å². The standard InChI is InChI=1S/C8H16N4O2S/c9-12-8(10-6-1-2-6)11-7-3-4-15(13,14)5-7/h6-7H,1-5,9H2,(H2,10,11,12). The Morgan fingerprint density at radius 2 is 2.07 bits per heavy atom. The zero-order valence-electron chi connectivity index (χ0n) is 8.44. The summed E-state index contributed by atoms with van der Waals surface area (Å²) < 4.78 is 22.4. The van der Waals surface area contributed by atoms with Crippen molar-refractivity contribution in [1.82, 2.24) is 10.7 Å². The van der Waals surface area contributed by atoms with Crippen LogP contribution in [-0.2, 0) is 9.84 Å². The lowest BCUT2D eigenvalue weighted by Crippen LogP contribution is -2.47. The van der Waals surface area contributed by atoms with Gasteiger partial charge in [0.25, 0.3) is 0 Å². The van der Waals surface area contributed by atoms with E-state index in [0.29, 0.717) is 18.4 Å². The van der Waals surface area contributed by atoms with E-state index in [1.165, 1.54) is 0 Å². The molecule has 0 bridgehead atoms. The summed E-state index contributed by atoms with van der Waals surface area (Å²) in [5.41, 5.74) is 2.47. The minimum atomic E-state index is -2.85. The fraction of sp³-hybridized carbons (Fsp3) is 0.875. The van der Waals surface area contributed by atoms with Gasteiger partial charge >= 0.3 is 0 Å². The first-order valence-electron chi connectivity index (χ1n) is 5.10. The summed E-state index contributed by atoms with van der Waals surface area (Å²) in [5.74, 6) is 6.25. The van der Waals surface area contributed by atoms with Crippen molar-refractivity contribution < 1.29 is 8.42 Å². The number of sulfone groups is 1. The van der Waals surface area contributed by atoms with Crippen LogP contribution in [0.2, 0.25) is 0 Å². The van der Waals surface area contributed by atoms with Crippen LogP contribution in [-0.4, -0.2) is 38.0 Å². The van der Waals surface area contributed by atoms with E-state index in [2.05, 4.69) is 15.7 Å². The van der Waals surface area contributed by atoms with Crippen molar-refractivity contribution in [2.24, 2.45) is 10.8 Å². The van der Waals surface area contributed by atoms with Crippen molar-refractivity contribution >= 4 is 15.8 Å². The van der Waals surface area contributed by atoms with Gasteiger partial charge in [0.15, 0.2) is 9.84 Å². The number of hydrogen-bond donors (Lipinski definition) is 3. The molecule has 0 aromatic carbocycles. The first-order valence-corrected chi connectivity index (χ1v) is 6.92. The smallest absolute Gasteiger partial charge is 0.206 e. The third kappa shape index (κ3) is 3.07. The number of hydrazine groups is 1. The van der Waals surface area contributed by atoms with Crippen LogP contribution in [0.1, 0.15) is 19.3 Å². The Morgan fingerprint density at radius 1 is 1.33 bits per heavy atom. The van der Waals surface area contributed by atoms with Crippen LogP contribution in [0.25, 0.3) is 0 Å². The van der Waals surface area contributed by atoms with Crippen molar-refractivity contribution in [2.75, 3.05) is 11.5 Å². The number of nitrogens with zero attached hydrogens (tertiary/aromatic N) is 1. The lowest BCUT2D eigenvalue weighted by Gasteiger charge is -2.13. The molecule has 0 spiro atoms. The Labute approximate surface area is 89.2 Å². The minimum absolute atomic E-state index is 0.0523. The van der Waals surface area contributed by atoms with Gasteiger partial charge < -0.3 is 5.32 Å². The van der Waals surface area contributed by atoms with Crippen molar-refractivity contribution in [3.05, 3.63) is 0 Å². The molecule has 2 rings (SSSR count). The highest BCUT2D eigenvalue weighted by Crippen LogP contribution is 2.23. The molecule has 1 saturated carbocycles. The second-order valence-corrected chi connectivity index (χ2v) is 6.33. The maximum absolute atomic E-state index is 11.2. The molecule has 1 aliphatic carbocycles. The molecule has 1 unspecified atom stereocenters. The normalized spacial score (nSPS) is 30.2. The second kappa shape index (κ2) is 3.97. The summed E-state index contributed by atoms with van der Waals surface area (Å²) in [6.45, 7) is 0. The topological polar surface area (TPSA) is 96.6 Å². The minimum Gasteiger partial charge on any atom is -0.352 e. The molecule has 0 radical (unpaired) electrons. The first-order chi connectivity index (χ1) is 7.09. The van der Waals surface area contributed by atoms with Crippen molar-refractivity contribution in [1.29, 1.82) is 0 Å². The monoisotopic (exact) mass is 232 g/mol. The van der Waals surface area contributed by atoms with E-state index in [0.717, 1.165) is 12.8 Å². The maximum atomic E-state index is 11.2. The molecule has 1 atom stereocenters. The summed E-state index contributed by atoms with van der Waals surface area (Å²) in [4.78, 5) is 4.29. The number of nitrogens with one attached hydrogen (secondary N) is 2. The summed E-state index contributed by atoms with van der Waals surface area (Å²) in [7, 11) is -2.85. The van der Waals surface area contributed by atoms with E-state index in [1.807, 2.05) is 0 Å². The molecular formula is C8H16N4O2S. The Morgan fingerprint density at radius 3 is 2.53 bits per heavy atom. The number of hydrogen-bond acceptors (Lipinski definition) is 4. The maximum Gasteiger partial charge on any atom is 0.206 e. The molecule has 0 aromatic heterocycles. The number of nitrogens with two attached hydrogens (primary N) is 1. The van der Waals surface area contributed by atoms with Crippen molar-refractivity contribution in [2.45, 2.75) is 31.3 Å². The van der Waals surface area contributed by atoms with Crippen molar-refractivity contribution in [3.8, 4) is 0 Å². The van der Waals surface area contributed by atoms with E-state index < -0.39 is 9.84 Å². The third-order valence-corrected chi connectivity index (χ3v) is 4.34. The van der Waals surface area contributed by atoms with Gasteiger partial charge in [0, 0.05) is 6.04 Å². The van der Waals surface area contributed by atoms with E-state index in [-0.39, 0.29) is 17.5 Å². The fourth-order valence-corrected chi connectivity index (χ4v) is 3.28. The summed E-state index contributed by atoms with van der Waals surface area (Å²) in [6.07, 6.45) is 2.82. The zero-order valence-corrected chi connectivity index (χ0v) is 9.26. The van der Waals surface area contributed by atoms with Gasteiger partial charge in [-0.25, -0.2) is 19.3 Å². The molecule has 1 heterocycles. The molecule has 7 heteroatoms.